The molecule has 5 aromatic rings. The largest absolute Gasteiger partial charge is 0.386 e. The van der Waals surface area contributed by atoms with Crippen molar-refractivity contribution in [2.24, 2.45) is 0 Å². The van der Waals surface area contributed by atoms with Crippen LogP contribution >= 0.6 is 0 Å². The fraction of sp³-hybridized carbons (Fsp3) is 0.0833. The zero-order valence-electron chi connectivity index (χ0n) is 14.0. The molecule has 0 aromatic heterocycles. The van der Waals surface area contributed by atoms with Gasteiger partial charge in [-0.3, -0.25) is 0 Å². The number of fused-ring (bicyclic) bond motifs is 4. The van der Waals surface area contributed by atoms with Crippen molar-refractivity contribution in [1.82, 2.24) is 0 Å². The Hall–Kier alpha value is -2.94. The van der Waals surface area contributed by atoms with Crippen LogP contribution in [0.1, 0.15) is 17.2 Å². The van der Waals surface area contributed by atoms with Gasteiger partial charge in [-0.05, 0) is 60.3 Å². The molecule has 0 spiro atoms. The monoisotopic (exact) mass is 336 g/mol. The van der Waals surface area contributed by atoms with Crippen LogP contribution in [0.2, 0.25) is 0 Å². The molecule has 0 aliphatic heterocycles. The Morgan fingerprint density at radius 1 is 0.654 bits per heavy atom. The summed E-state index contributed by atoms with van der Waals surface area (Å²) in [6.45, 7) is 0. The highest BCUT2D eigenvalue weighted by molar-refractivity contribution is 6.29. The highest BCUT2D eigenvalue weighted by atomic mass is 16.3. The predicted octanol–water partition coefficient (Wildman–Crippen LogP) is 5.16. The molecule has 0 saturated carbocycles. The minimum atomic E-state index is -0.877. The van der Waals surface area contributed by atoms with E-state index in [0.717, 1.165) is 21.9 Å². The summed E-state index contributed by atoms with van der Waals surface area (Å²) in [4.78, 5) is 0. The highest BCUT2D eigenvalue weighted by Gasteiger charge is 2.24. The van der Waals surface area contributed by atoms with E-state index in [0.29, 0.717) is 0 Å². The maximum Gasteiger partial charge on any atom is 0.109 e. The molecule has 2 atom stereocenters. The van der Waals surface area contributed by atoms with E-state index in [1.807, 2.05) is 12.1 Å². The van der Waals surface area contributed by atoms with Crippen molar-refractivity contribution in [2.75, 3.05) is 0 Å². The lowest BCUT2D eigenvalue weighted by Crippen LogP contribution is -2.19. The lowest BCUT2D eigenvalue weighted by atomic mass is 9.84. The molecular formula is C24H16O2. The normalized spacial score (nSPS) is 19.8. The number of hydrogen-bond acceptors (Lipinski definition) is 2. The number of aliphatic hydroxyl groups excluding tert-OH is 2. The summed E-state index contributed by atoms with van der Waals surface area (Å²) < 4.78 is 0. The zero-order valence-corrected chi connectivity index (χ0v) is 14.0. The van der Waals surface area contributed by atoms with Gasteiger partial charge in [-0.15, -0.1) is 0 Å². The molecule has 2 N–H and O–H groups in total. The summed E-state index contributed by atoms with van der Waals surface area (Å²) in [5.41, 5.74) is 1.81. The van der Waals surface area contributed by atoms with Crippen molar-refractivity contribution in [1.29, 1.82) is 0 Å². The topological polar surface area (TPSA) is 40.5 Å². The minimum Gasteiger partial charge on any atom is -0.386 e. The van der Waals surface area contributed by atoms with Gasteiger partial charge < -0.3 is 10.2 Å². The van der Waals surface area contributed by atoms with Crippen molar-refractivity contribution < 1.29 is 10.2 Å². The van der Waals surface area contributed by atoms with Crippen LogP contribution < -0.4 is 0 Å². The summed E-state index contributed by atoms with van der Waals surface area (Å²) in [6.07, 6.45) is 1.91. The third-order valence-electron chi connectivity index (χ3n) is 5.80. The second-order valence-corrected chi connectivity index (χ2v) is 7.19. The van der Waals surface area contributed by atoms with Gasteiger partial charge in [0.25, 0.3) is 0 Å². The van der Waals surface area contributed by atoms with Crippen LogP contribution in [0.5, 0.6) is 0 Å². The molecule has 5 aromatic carbocycles. The second kappa shape index (κ2) is 4.82. The summed E-state index contributed by atoms with van der Waals surface area (Å²) >= 11 is 0. The number of benzene rings is 5. The molecule has 0 bridgehead atoms. The Bertz CT molecular complexity index is 1350. The zero-order chi connectivity index (χ0) is 17.4. The van der Waals surface area contributed by atoms with E-state index in [-0.39, 0.29) is 0 Å². The van der Waals surface area contributed by atoms with E-state index < -0.39 is 12.2 Å². The standard InChI is InChI=1S/C24H16O2/c25-20-11-10-17-18(24(20)26)8-7-15-12-16-5-4-13-2-1-3-14-6-9-19(22(15)17)23(16)21(13)14/h1-12,20,24-26H/t20-,24-/m1/s1. The quantitative estimate of drug-likeness (QED) is 0.303. The lowest BCUT2D eigenvalue weighted by Gasteiger charge is -2.24. The third-order valence-corrected chi connectivity index (χ3v) is 5.80. The van der Waals surface area contributed by atoms with Crippen LogP contribution in [0, 0.1) is 0 Å². The first kappa shape index (κ1) is 14.3. The first-order valence-electron chi connectivity index (χ1n) is 8.90. The summed E-state index contributed by atoms with van der Waals surface area (Å²) in [5, 5.41) is 30.2. The van der Waals surface area contributed by atoms with E-state index in [9.17, 15) is 10.2 Å². The van der Waals surface area contributed by atoms with Crippen molar-refractivity contribution >= 4 is 49.2 Å². The van der Waals surface area contributed by atoms with Gasteiger partial charge in [-0.2, -0.15) is 0 Å². The van der Waals surface area contributed by atoms with Crippen LogP contribution in [0.25, 0.3) is 49.2 Å². The summed E-state index contributed by atoms with van der Waals surface area (Å²) in [5.74, 6) is 0. The first-order chi connectivity index (χ1) is 12.7. The highest BCUT2D eigenvalue weighted by Crippen LogP contribution is 2.42. The predicted molar refractivity (Wildman–Crippen MR) is 108 cm³/mol. The Labute approximate surface area is 149 Å². The SMILES string of the molecule is O[C@@H]1C=Cc2c(ccc3cc4ccc5cccc6ccc(c23)c4c56)[C@H]1O. The smallest absolute Gasteiger partial charge is 0.109 e. The van der Waals surface area contributed by atoms with Crippen LogP contribution in [-0.4, -0.2) is 16.3 Å². The fourth-order valence-corrected chi connectivity index (χ4v) is 4.60. The molecule has 1 aliphatic rings. The van der Waals surface area contributed by atoms with E-state index in [1.165, 1.54) is 32.3 Å². The third kappa shape index (κ3) is 1.68. The van der Waals surface area contributed by atoms with Crippen molar-refractivity contribution in [3.05, 3.63) is 77.9 Å². The molecule has 2 heteroatoms. The molecule has 0 unspecified atom stereocenters. The van der Waals surface area contributed by atoms with Gasteiger partial charge in [-0.1, -0.05) is 66.7 Å². The molecule has 1 aliphatic carbocycles. The van der Waals surface area contributed by atoms with E-state index in [4.69, 9.17) is 0 Å². The van der Waals surface area contributed by atoms with Crippen LogP contribution in [0.15, 0.2) is 66.7 Å². The number of hydrogen-bond donors (Lipinski definition) is 2. The Morgan fingerprint density at radius 3 is 2.19 bits per heavy atom. The average Bonchev–Trinajstić information content (AvgIpc) is 2.68. The number of aliphatic hydroxyl groups is 2. The first-order valence-corrected chi connectivity index (χ1v) is 8.90. The van der Waals surface area contributed by atoms with Gasteiger partial charge >= 0.3 is 0 Å². The summed E-state index contributed by atoms with van der Waals surface area (Å²) in [7, 11) is 0. The van der Waals surface area contributed by atoms with E-state index >= 15 is 0 Å². The second-order valence-electron chi connectivity index (χ2n) is 7.19. The van der Waals surface area contributed by atoms with E-state index in [2.05, 4.69) is 54.6 Å². The van der Waals surface area contributed by atoms with Crippen molar-refractivity contribution in [3.63, 3.8) is 0 Å². The van der Waals surface area contributed by atoms with Gasteiger partial charge in [-0.25, -0.2) is 0 Å². The Morgan fingerprint density at radius 2 is 1.35 bits per heavy atom. The average molecular weight is 336 g/mol. The molecule has 124 valence electrons. The lowest BCUT2D eigenvalue weighted by molar-refractivity contribution is 0.0471. The molecule has 0 saturated heterocycles. The van der Waals surface area contributed by atoms with Gasteiger partial charge in [0, 0.05) is 0 Å². The molecule has 26 heavy (non-hydrogen) atoms. The molecule has 2 nitrogen and oxygen atoms in total. The molecule has 0 radical (unpaired) electrons. The molecular weight excluding hydrogens is 320 g/mol. The van der Waals surface area contributed by atoms with Crippen LogP contribution in [-0.2, 0) is 0 Å². The van der Waals surface area contributed by atoms with Crippen molar-refractivity contribution in [3.8, 4) is 0 Å². The van der Waals surface area contributed by atoms with Gasteiger partial charge in [0.05, 0.1) is 0 Å². The van der Waals surface area contributed by atoms with Gasteiger partial charge in [0.1, 0.15) is 12.2 Å². The number of rotatable bonds is 0. The van der Waals surface area contributed by atoms with Crippen molar-refractivity contribution in [2.45, 2.75) is 12.2 Å². The Balaban J connectivity index is 1.90. The summed E-state index contributed by atoms with van der Waals surface area (Å²) in [6, 6.07) is 21.4. The Kier molecular flexibility index (Phi) is 2.64. The molecule has 6 rings (SSSR count). The van der Waals surface area contributed by atoms with E-state index in [1.54, 1.807) is 6.08 Å². The maximum absolute atomic E-state index is 10.4. The van der Waals surface area contributed by atoms with Gasteiger partial charge in [0.2, 0.25) is 0 Å². The molecule has 0 fully saturated rings. The maximum atomic E-state index is 10.4. The molecule has 0 amide bonds. The fourth-order valence-electron chi connectivity index (χ4n) is 4.60. The van der Waals surface area contributed by atoms with Crippen LogP contribution in [0.4, 0.5) is 0 Å². The minimum absolute atomic E-state index is 0.794. The molecule has 0 heterocycles. The van der Waals surface area contributed by atoms with Gasteiger partial charge in [0.15, 0.2) is 0 Å². The van der Waals surface area contributed by atoms with Crippen LogP contribution in [0.3, 0.4) is 0 Å².